The molecule has 1 aromatic carbocycles. The zero-order valence-corrected chi connectivity index (χ0v) is 15.7. The monoisotopic (exact) mass is 318 g/mol. The number of hydrogen-bond acceptors (Lipinski definition) is 2. The van der Waals surface area contributed by atoms with Crippen LogP contribution in [0.1, 0.15) is 51.2 Å². The van der Waals surface area contributed by atoms with Crippen LogP contribution in [0.5, 0.6) is 5.75 Å². The number of aryl methyl sites for hydroxylation is 1. The Bertz CT molecular complexity index is 557. The molecule has 0 radical (unpaired) electrons. The molecule has 2 nitrogen and oxygen atoms in total. The van der Waals surface area contributed by atoms with Crippen molar-refractivity contribution in [3.05, 3.63) is 42.0 Å². The van der Waals surface area contributed by atoms with Crippen molar-refractivity contribution in [2.75, 3.05) is 0 Å². The van der Waals surface area contributed by atoms with Crippen LogP contribution in [0.4, 0.5) is 0 Å². The third-order valence-electron chi connectivity index (χ3n) is 5.28. The molecule has 0 saturated heterocycles. The van der Waals surface area contributed by atoms with E-state index in [4.69, 9.17) is 4.43 Å². The molecule has 0 saturated carbocycles. The van der Waals surface area contributed by atoms with Crippen LogP contribution < -0.4 is 4.43 Å². The summed E-state index contributed by atoms with van der Waals surface area (Å²) in [5, 5.41) is 11.1. The van der Waals surface area contributed by atoms with Crippen molar-refractivity contribution >= 4 is 8.32 Å². The van der Waals surface area contributed by atoms with Gasteiger partial charge in [-0.2, -0.15) is 0 Å². The second-order valence-corrected chi connectivity index (χ2v) is 12.8. The van der Waals surface area contributed by atoms with Crippen molar-refractivity contribution in [1.29, 1.82) is 0 Å². The average Bonchev–Trinajstić information content (AvgIpc) is 2.37. The third-order valence-corrected chi connectivity index (χ3v) is 9.63. The van der Waals surface area contributed by atoms with Crippen LogP contribution >= 0.6 is 0 Å². The lowest BCUT2D eigenvalue weighted by atomic mass is 9.77. The highest BCUT2D eigenvalue weighted by atomic mass is 28.4. The first-order valence-corrected chi connectivity index (χ1v) is 11.2. The van der Waals surface area contributed by atoms with Crippen LogP contribution in [-0.2, 0) is 12.0 Å². The van der Waals surface area contributed by atoms with E-state index in [2.05, 4.69) is 52.6 Å². The van der Waals surface area contributed by atoms with Crippen LogP contribution in [0.25, 0.3) is 0 Å². The van der Waals surface area contributed by atoms with Crippen LogP contribution in [0.3, 0.4) is 0 Å². The molecule has 1 aliphatic carbocycles. The van der Waals surface area contributed by atoms with Gasteiger partial charge in [-0.15, -0.1) is 6.58 Å². The van der Waals surface area contributed by atoms with Crippen LogP contribution in [0, 0.1) is 0 Å². The maximum Gasteiger partial charge on any atom is 0.250 e. The van der Waals surface area contributed by atoms with E-state index in [1.54, 1.807) is 0 Å². The number of aliphatic hydroxyl groups is 1. The van der Waals surface area contributed by atoms with Crippen LogP contribution in [0.2, 0.25) is 18.1 Å². The van der Waals surface area contributed by atoms with Crippen LogP contribution in [0.15, 0.2) is 30.9 Å². The van der Waals surface area contributed by atoms with Crippen LogP contribution in [-0.4, -0.2) is 13.4 Å². The second-order valence-electron chi connectivity index (χ2n) is 8.06. The van der Waals surface area contributed by atoms with E-state index in [1.165, 1.54) is 5.56 Å². The molecule has 0 heterocycles. The van der Waals surface area contributed by atoms with Gasteiger partial charge in [0.05, 0.1) is 5.60 Å². The van der Waals surface area contributed by atoms with E-state index >= 15 is 0 Å². The molecule has 1 N–H and O–H groups in total. The molecule has 1 aromatic rings. The maximum absolute atomic E-state index is 10.9. The van der Waals surface area contributed by atoms with Crippen molar-refractivity contribution in [2.24, 2.45) is 0 Å². The van der Waals surface area contributed by atoms with Gasteiger partial charge in [0, 0.05) is 0 Å². The molecule has 1 unspecified atom stereocenters. The lowest BCUT2D eigenvalue weighted by Crippen LogP contribution is -2.44. The minimum absolute atomic E-state index is 0.187. The molecule has 3 heteroatoms. The minimum atomic E-state index is -1.82. The van der Waals surface area contributed by atoms with Gasteiger partial charge < -0.3 is 9.53 Å². The van der Waals surface area contributed by atoms with Gasteiger partial charge in [-0.25, -0.2) is 0 Å². The summed E-state index contributed by atoms with van der Waals surface area (Å²) in [6, 6.07) is 6.22. The lowest BCUT2D eigenvalue weighted by Gasteiger charge is -2.38. The van der Waals surface area contributed by atoms with Crippen molar-refractivity contribution < 1.29 is 9.53 Å². The van der Waals surface area contributed by atoms with E-state index in [0.717, 1.165) is 30.6 Å². The molecule has 0 aromatic heterocycles. The number of hydrogen-bond donors (Lipinski definition) is 1. The number of benzene rings is 1. The fraction of sp³-hybridized carbons (Fsp3) is 0.579. The Morgan fingerprint density at radius 3 is 2.64 bits per heavy atom. The molecular formula is C19H30O2Si. The highest BCUT2D eigenvalue weighted by Crippen LogP contribution is 2.41. The third kappa shape index (κ3) is 3.30. The molecule has 0 bridgehead atoms. The fourth-order valence-electron chi connectivity index (χ4n) is 2.90. The summed E-state index contributed by atoms with van der Waals surface area (Å²) in [6.07, 6.45) is 5.27. The van der Waals surface area contributed by atoms with Gasteiger partial charge in [0.15, 0.2) is 0 Å². The van der Waals surface area contributed by atoms with Gasteiger partial charge in [0.25, 0.3) is 0 Å². The summed E-state index contributed by atoms with van der Waals surface area (Å²) >= 11 is 0. The van der Waals surface area contributed by atoms with Gasteiger partial charge in [-0.1, -0.05) is 32.9 Å². The predicted molar refractivity (Wildman–Crippen MR) is 95.9 cm³/mol. The molecule has 122 valence electrons. The largest absolute Gasteiger partial charge is 0.543 e. The second kappa shape index (κ2) is 5.86. The zero-order valence-electron chi connectivity index (χ0n) is 14.7. The number of rotatable bonds is 4. The SMILES string of the molecule is C=CCC1(O)CCCc2cc(O[Si](C)(C)C(C)(C)C)ccc21. The van der Waals surface area contributed by atoms with Gasteiger partial charge >= 0.3 is 0 Å². The predicted octanol–water partition coefficient (Wildman–Crippen LogP) is 5.17. The molecule has 1 atom stereocenters. The van der Waals surface area contributed by atoms with Crippen molar-refractivity contribution in [3.8, 4) is 5.75 Å². The van der Waals surface area contributed by atoms with Crippen molar-refractivity contribution in [2.45, 2.75) is 70.2 Å². The Morgan fingerprint density at radius 1 is 1.36 bits per heavy atom. The maximum atomic E-state index is 10.9. The summed E-state index contributed by atoms with van der Waals surface area (Å²) in [7, 11) is -1.82. The molecule has 0 aliphatic heterocycles. The Labute approximate surface area is 136 Å². The van der Waals surface area contributed by atoms with E-state index < -0.39 is 13.9 Å². The van der Waals surface area contributed by atoms with Crippen molar-refractivity contribution in [3.63, 3.8) is 0 Å². The summed E-state index contributed by atoms with van der Waals surface area (Å²) < 4.78 is 6.40. The Balaban J connectivity index is 2.31. The van der Waals surface area contributed by atoms with Gasteiger partial charge in [-0.05, 0) is 67.1 Å². The quantitative estimate of drug-likeness (QED) is 0.613. The smallest absolute Gasteiger partial charge is 0.250 e. The minimum Gasteiger partial charge on any atom is -0.543 e. The van der Waals surface area contributed by atoms with E-state index in [1.807, 2.05) is 12.1 Å². The van der Waals surface area contributed by atoms with Gasteiger partial charge in [-0.3, -0.25) is 0 Å². The topological polar surface area (TPSA) is 29.5 Å². The highest BCUT2D eigenvalue weighted by Gasteiger charge is 2.39. The molecule has 22 heavy (non-hydrogen) atoms. The molecule has 1 aliphatic rings. The highest BCUT2D eigenvalue weighted by molar-refractivity contribution is 6.74. The standard InChI is InChI=1S/C19H30O2Si/c1-7-12-19(20)13-8-9-15-14-16(10-11-17(15)19)21-22(5,6)18(2,3)4/h7,10-11,14,20H,1,8-9,12-13H2,2-6H3. The summed E-state index contributed by atoms with van der Waals surface area (Å²) in [5.74, 6) is 0.952. The Morgan fingerprint density at radius 2 is 2.05 bits per heavy atom. The van der Waals surface area contributed by atoms with E-state index in [9.17, 15) is 5.11 Å². The van der Waals surface area contributed by atoms with Gasteiger partial charge in [0.2, 0.25) is 8.32 Å². The van der Waals surface area contributed by atoms with Gasteiger partial charge in [0.1, 0.15) is 5.75 Å². The zero-order chi connectivity index (χ0) is 16.6. The summed E-state index contributed by atoms with van der Waals surface area (Å²) in [6.45, 7) is 15.1. The first-order chi connectivity index (χ1) is 10.1. The molecule has 0 amide bonds. The Hall–Kier alpha value is -1.06. The molecule has 2 rings (SSSR count). The summed E-state index contributed by atoms with van der Waals surface area (Å²) in [5.41, 5.74) is 1.54. The van der Waals surface area contributed by atoms with E-state index in [0.29, 0.717) is 6.42 Å². The number of fused-ring (bicyclic) bond motifs is 1. The normalized spacial score (nSPS) is 22.1. The fourth-order valence-corrected chi connectivity index (χ4v) is 3.92. The lowest BCUT2D eigenvalue weighted by molar-refractivity contribution is 0.0218. The first kappa shape index (κ1) is 17.3. The first-order valence-electron chi connectivity index (χ1n) is 8.25. The summed E-state index contributed by atoms with van der Waals surface area (Å²) in [4.78, 5) is 0. The van der Waals surface area contributed by atoms with E-state index in [-0.39, 0.29) is 5.04 Å². The van der Waals surface area contributed by atoms with Crippen molar-refractivity contribution in [1.82, 2.24) is 0 Å². The molecular weight excluding hydrogens is 288 g/mol. The molecule has 0 fully saturated rings. The molecule has 0 spiro atoms. The average molecular weight is 319 g/mol. The Kier molecular flexibility index (Phi) is 4.60.